The number of fused-ring (bicyclic) bond motifs is 5. The molecular formula is C12H13BrClN3. The monoisotopic (exact) mass is 313 g/mol. The molecule has 0 spiro atoms. The van der Waals surface area contributed by atoms with Crippen molar-refractivity contribution in [2.45, 2.75) is 25.3 Å². The molecule has 1 aromatic heterocycles. The van der Waals surface area contributed by atoms with E-state index in [0.29, 0.717) is 11.2 Å². The van der Waals surface area contributed by atoms with Gasteiger partial charge in [-0.15, -0.1) is 0 Å². The third-order valence-corrected chi connectivity index (χ3v) is 6.05. The number of hydrogen-bond acceptors (Lipinski definition) is 3. The van der Waals surface area contributed by atoms with Crippen LogP contribution in [-0.4, -0.2) is 16.0 Å². The van der Waals surface area contributed by atoms with Crippen LogP contribution in [0.4, 0.5) is 5.82 Å². The molecule has 0 amide bonds. The topological polar surface area (TPSA) is 37.8 Å². The van der Waals surface area contributed by atoms with Crippen LogP contribution in [0.3, 0.4) is 0 Å². The maximum Gasteiger partial charge on any atom is 0.148 e. The van der Waals surface area contributed by atoms with Crippen LogP contribution < -0.4 is 5.32 Å². The van der Waals surface area contributed by atoms with Crippen LogP contribution in [0.1, 0.15) is 19.3 Å². The normalized spacial score (nSPS) is 41.4. The molecule has 0 radical (unpaired) electrons. The maximum atomic E-state index is 5.97. The first-order valence-corrected chi connectivity index (χ1v) is 7.35. The highest BCUT2D eigenvalue weighted by molar-refractivity contribution is 9.10. The minimum atomic E-state index is 0.483. The molecule has 1 aromatic rings. The van der Waals surface area contributed by atoms with Gasteiger partial charge in [-0.05, 0) is 58.9 Å². The molecule has 0 aliphatic heterocycles. The van der Waals surface area contributed by atoms with Gasteiger partial charge in [0.05, 0.1) is 4.47 Å². The zero-order valence-corrected chi connectivity index (χ0v) is 11.6. The minimum Gasteiger partial charge on any atom is -0.366 e. The number of nitrogens with zero attached hydrogens (tertiary/aromatic N) is 2. The third kappa shape index (κ3) is 1.46. The first kappa shape index (κ1) is 10.6. The average molecular weight is 315 g/mol. The highest BCUT2D eigenvalue weighted by Crippen LogP contribution is 2.66. The molecule has 0 saturated heterocycles. The molecule has 3 nitrogen and oxygen atoms in total. The zero-order chi connectivity index (χ0) is 11.6. The van der Waals surface area contributed by atoms with Gasteiger partial charge >= 0.3 is 0 Å². The number of aromatic nitrogens is 2. The van der Waals surface area contributed by atoms with E-state index in [1.54, 1.807) is 0 Å². The molecule has 0 aromatic carbocycles. The van der Waals surface area contributed by atoms with Gasteiger partial charge in [-0.3, -0.25) is 0 Å². The van der Waals surface area contributed by atoms with Gasteiger partial charge in [0, 0.05) is 6.04 Å². The van der Waals surface area contributed by atoms with Crippen molar-refractivity contribution in [3.8, 4) is 0 Å². The summed E-state index contributed by atoms with van der Waals surface area (Å²) in [5, 5.41) is 4.03. The first-order valence-electron chi connectivity index (χ1n) is 6.18. The van der Waals surface area contributed by atoms with Crippen molar-refractivity contribution in [1.82, 2.24) is 9.97 Å². The molecule has 3 fully saturated rings. The van der Waals surface area contributed by atoms with Crippen molar-refractivity contribution in [2.24, 2.45) is 23.7 Å². The first-order chi connectivity index (χ1) is 8.25. The molecule has 5 heteroatoms. The lowest BCUT2D eigenvalue weighted by Crippen LogP contribution is -2.14. The smallest absolute Gasteiger partial charge is 0.148 e. The predicted molar refractivity (Wildman–Crippen MR) is 70.0 cm³/mol. The Kier molecular flexibility index (Phi) is 2.22. The van der Waals surface area contributed by atoms with E-state index >= 15 is 0 Å². The van der Waals surface area contributed by atoms with Crippen LogP contribution in [-0.2, 0) is 0 Å². The van der Waals surface area contributed by atoms with E-state index < -0.39 is 0 Å². The van der Waals surface area contributed by atoms with E-state index in [9.17, 15) is 0 Å². The molecule has 3 aliphatic rings. The van der Waals surface area contributed by atoms with Crippen molar-refractivity contribution in [1.29, 1.82) is 0 Å². The highest BCUT2D eigenvalue weighted by atomic mass is 79.9. The fraction of sp³-hybridized carbons (Fsp3) is 0.667. The summed E-state index contributed by atoms with van der Waals surface area (Å²) in [5.41, 5.74) is 0. The molecule has 2 bridgehead atoms. The molecule has 1 heterocycles. The number of halogens is 2. The fourth-order valence-electron chi connectivity index (χ4n) is 4.13. The fourth-order valence-corrected chi connectivity index (χ4v) is 4.58. The van der Waals surface area contributed by atoms with E-state index in [2.05, 4.69) is 31.2 Å². The second-order valence-corrected chi connectivity index (χ2v) is 6.64. The highest BCUT2D eigenvalue weighted by Gasteiger charge is 2.65. The lowest BCUT2D eigenvalue weighted by atomic mass is 10.0. The second-order valence-electron chi connectivity index (χ2n) is 5.49. The van der Waals surface area contributed by atoms with Gasteiger partial charge in [-0.2, -0.15) is 0 Å². The van der Waals surface area contributed by atoms with E-state index in [0.717, 1.165) is 34.0 Å². The SMILES string of the molecule is Clc1ncnc(NC2C3C4CCC(C4)C23)c1Br. The molecule has 1 N–H and O–H groups in total. The Balaban J connectivity index is 1.55. The second kappa shape index (κ2) is 3.58. The van der Waals surface area contributed by atoms with Gasteiger partial charge in [0.25, 0.3) is 0 Å². The van der Waals surface area contributed by atoms with Gasteiger partial charge in [0.2, 0.25) is 0 Å². The number of hydrogen-bond donors (Lipinski definition) is 1. The van der Waals surface area contributed by atoms with Crippen LogP contribution in [0.2, 0.25) is 5.15 Å². The van der Waals surface area contributed by atoms with Crippen LogP contribution in [0.15, 0.2) is 10.8 Å². The maximum absolute atomic E-state index is 5.97. The summed E-state index contributed by atoms with van der Waals surface area (Å²) < 4.78 is 0.791. The average Bonchev–Trinajstić information content (AvgIpc) is 2.72. The number of anilines is 1. The van der Waals surface area contributed by atoms with E-state index in [4.69, 9.17) is 11.6 Å². The Hall–Kier alpha value is -0.350. The number of nitrogens with one attached hydrogen (secondary N) is 1. The Morgan fingerprint density at radius 3 is 2.65 bits per heavy atom. The molecule has 4 rings (SSSR count). The van der Waals surface area contributed by atoms with Gasteiger partial charge < -0.3 is 5.32 Å². The molecular weight excluding hydrogens is 302 g/mol. The van der Waals surface area contributed by atoms with E-state index in [-0.39, 0.29) is 0 Å². The minimum absolute atomic E-state index is 0.483. The Morgan fingerprint density at radius 2 is 1.94 bits per heavy atom. The van der Waals surface area contributed by atoms with Crippen LogP contribution >= 0.6 is 27.5 Å². The lowest BCUT2D eigenvalue weighted by molar-refractivity contribution is 0.456. The Morgan fingerprint density at radius 1 is 1.24 bits per heavy atom. The molecule has 17 heavy (non-hydrogen) atoms. The standard InChI is InChI=1S/C12H13BrClN3/c13-9-11(14)15-4-16-12(9)17-10-7-5-1-2-6(3-5)8(7)10/h4-8,10H,1-3H2,(H,15,16,17). The molecule has 3 saturated carbocycles. The summed E-state index contributed by atoms with van der Waals surface area (Å²) in [5.74, 6) is 4.59. The summed E-state index contributed by atoms with van der Waals surface area (Å²) in [6, 6.07) is 0.628. The van der Waals surface area contributed by atoms with E-state index in [1.807, 2.05) is 0 Å². The van der Waals surface area contributed by atoms with Crippen molar-refractivity contribution in [3.63, 3.8) is 0 Å². The molecule has 3 aliphatic carbocycles. The van der Waals surface area contributed by atoms with Gasteiger partial charge in [-0.25, -0.2) is 9.97 Å². The largest absolute Gasteiger partial charge is 0.366 e. The molecule has 4 unspecified atom stereocenters. The summed E-state index contributed by atoms with van der Waals surface area (Å²) in [7, 11) is 0. The summed E-state index contributed by atoms with van der Waals surface area (Å²) >= 11 is 9.41. The molecule has 90 valence electrons. The van der Waals surface area contributed by atoms with Gasteiger partial charge in [0.15, 0.2) is 0 Å². The summed E-state index contributed by atoms with van der Waals surface area (Å²) in [6.45, 7) is 0. The quantitative estimate of drug-likeness (QED) is 0.851. The van der Waals surface area contributed by atoms with Gasteiger partial charge in [-0.1, -0.05) is 11.6 Å². The van der Waals surface area contributed by atoms with Crippen molar-refractivity contribution >= 4 is 33.3 Å². The summed E-state index contributed by atoms with van der Waals surface area (Å²) in [6.07, 6.45) is 5.87. The Labute approximate surface area is 113 Å². The lowest BCUT2D eigenvalue weighted by Gasteiger charge is -2.12. The van der Waals surface area contributed by atoms with Crippen molar-refractivity contribution < 1.29 is 0 Å². The van der Waals surface area contributed by atoms with Crippen LogP contribution in [0.5, 0.6) is 0 Å². The zero-order valence-electron chi connectivity index (χ0n) is 9.24. The van der Waals surface area contributed by atoms with Crippen LogP contribution in [0, 0.1) is 23.7 Å². The summed E-state index contributed by atoms with van der Waals surface area (Å²) in [4.78, 5) is 8.21. The van der Waals surface area contributed by atoms with Crippen LogP contribution in [0.25, 0.3) is 0 Å². The van der Waals surface area contributed by atoms with Crippen molar-refractivity contribution in [2.75, 3.05) is 5.32 Å². The van der Waals surface area contributed by atoms with Gasteiger partial charge in [0.1, 0.15) is 17.3 Å². The van der Waals surface area contributed by atoms with Crippen molar-refractivity contribution in [3.05, 3.63) is 16.0 Å². The number of rotatable bonds is 2. The third-order valence-electron chi connectivity index (χ3n) is 4.79. The predicted octanol–water partition coefficient (Wildman–Crippen LogP) is 3.35. The van der Waals surface area contributed by atoms with E-state index in [1.165, 1.54) is 25.6 Å². The Bertz CT molecular complexity index is 465. The molecule has 4 atom stereocenters.